The molecule has 2 atom stereocenters. The molecule has 510 valence electrons. The van der Waals surface area contributed by atoms with Crippen molar-refractivity contribution in [3.63, 3.8) is 0 Å². The van der Waals surface area contributed by atoms with E-state index in [1.807, 2.05) is 0 Å². The Bertz CT molecular complexity index is 1920. The molecule has 0 rings (SSSR count). The van der Waals surface area contributed by atoms with Crippen LogP contribution in [0.15, 0.2) is 134 Å². The van der Waals surface area contributed by atoms with E-state index in [1.54, 1.807) is 0 Å². The predicted octanol–water partition coefficient (Wildman–Crippen LogP) is 24.4. The van der Waals surface area contributed by atoms with Gasteiger partial charge in [0.1, 0.15) is 6.61 Å². The highest BCUT2D eigenvalue weighted by Crippen LogP contribution is 2.43. The van der Waals surface area contributed by atoms with Crippen LogP contribution in [-0.4, -0.2) is 49.3 Å². The van der Waals surface area contributed by atoms with Crippen molar-refractivity contribution in [1.82, 2.24) is 0 Å². The third-order valence-electron chi connectivity index (χ3n) is 15.5. The maximum Gasteiger partial charge on any atom is 0.472 e. The number of carbonyl (C=O) groups excluding carboxylic acids is 2. The van der Waals surface area contributed by atoms with Gasteiger partial charge < -0.3 is 20.1 Å². The zero-order valence-corrected chi connectivity index (χ0v) is 58.3. The Morgan fingerprint density at radius 3 is 0.921 bits per heavy atom. The molecule has 0 heterocycles. The smallest absolute Gasteiger partial charge is 0.462 e. The van der Waals surface area contributed by atoms with Crippen molar-refractivity contribution in [2.45, 2.75) is 328 Å². The number of rotatable bonds is 68. The number of ether oxygens (including phenoxy) is 2. The van der Waals surface area contributed by atoms with E-state index in [4.69, 9.17) is 24.3 Å². The van der Waals surface area contributed by atoms with E-state index in [1.165, 1.54) is 180 Å². The third-order valence-corrected chi connectivity index (χ3v) is 16.5. The Morgan fingerprint density at radius 1 is 0.348 bits per heavy atom. The Hall–Kier alpha value is -3.85. The van der Waals surface area contributed by atoms with E-state index >= 15 is 0 Å². The first kappa shape index (κ1) is 85.2. The highest BCUT2D eigenvalue weighted by molar-refractivity contribution is 7.47. The van der Waals surface area contributed by atoms with E-state index in [0.29, 0.717) is 6.42 Å². The van der Waals surface area contributed by atoms with Gasteiger partial charge in [-0.3, -0.25) is 18.6 Å². The van der Waals surface area contributed by atoms with Gasteiger partial charge in [0.25, 0.3) is 0 Å². The molecule has 0 aromatic rings. The van der Waals surface area contributed by atoms with E-state index in [-0.39, 0.29) is 38.6 Å². The van der Waals surface area contributed by atoms with Crippen molar-refractivity contribution in [1.29, 1.82) is 0 Å². The molecule has 3 N–H and O–H groups in total. The van der Waals surface area contributed by atoms with Crippen LogP contribution in [0.3, 0.4) is 0 Å². The lowest BCUT2D eigenvalue weighted by Gasteiger charge is -2.19. The van der Waals surface area contributed by atoms with Gasteiger partial charge in [-0.1, -0.05) is 327 Å². The summed E-state index contributed by atoms with van der Waals surface area (Å²) in [6.45, 7) is 3.64. The number of phosphoric acid groups is 1. The molecular formula is C79H136NO8P. The van der Waals surface area contributed by atoms with Crippen LogP contribution in [0.1, 0.15) is 322 Å². The summed E-state index contributed by atoms with van der Waals surface area (Å²) in [5, 5.41) is 0. The van der Waals surface area contributed by atoms with Crippen molar-refractivity contribution >= 4 is 19.8 Å². The second kappa shape index (κ2) is 73.2. The van der Waals surface area contributed by atoms with E-state index in [9.17, 15) is 19.0 Å². The first-order valence-electron chi connectivity index (χ1n) is 36.7. The van der Waals surface area contributed by atoms with Crippen molar-refractivity contribution < 1.29 is 37.6 Å². The van der Waals surface area contributed by atoms with Crippen LogP contribution in [0.25, 0.3) is 0 Å². The number of phosphoric ester groups is 1. The van der Waals surface area contributed by atoms with Gasteiger partial charge in [0.2, 0.25) is 0 Å². The zero-order valence-electron chi connectivity index (χ0n) is 57.4. The Balaban J connectivity index is 3.90. The summed E-state index contributed by atoms with van der Waals surface area (Å²) in [4.78, 5) is 35.4. The van der Waals surface area contributed by atoms with E-state index < -0.39 is 26.5 Å². The average molecular weight is 1260 g/mol. The fourth-order valence-electron chi connectivity index (χ4n) is 10.1. The quantitative estimate of drug-likeness (QED) is 0.0264. The standard InChI is InChI=1S/C79H136NO8P/c1-3-5-7-9-11-13-15-17-19-21-23-25-27-29-31-33-34-35-36-37-38-39-40-41-42-44-46-48-50-52-54-56-58-60-62-64-66-68-70-72-79(82)88-77(76-87-89(83,84)86-74-73-80)75-85-78(81)71-69-67-65-63-61-59-57-55-53-51-49-47-45-43-32-30-28-26-24-22-20-18-16-14-12-10-8-6-4-2/h5,7,11,13,16-19,22-25,29,31,34-35,37-38,40-41,44,46,77H,3-4,6,8-10,12,14-15,20-21,26-28,30,32-33,36,39,42-43,45,47-76,80H2,1-2H3,(H,83,84)/b7-5-,13-11-,18-16-,19-17-,24-22-,25-23-,31-29-,35-34-,38-37-,41-40-,46-44-. The molecule has 0 bridgehead atoms. The molecule has 0 saturated carbocycles. The molecule has 0 aromatic carbocycles. The number of hydrogen-bond donors (Lipinski definition) is 2. The van der Waals surface area contributed by atoms with Crippen molar-refractivity contribution in [3.05, 3.63) is 134 Å². The normalized spacial score (nSPS) is 13.7. The molecule has 0 radical (unpaired) electrons. The molecule has 0 saturated heterocycles. The number of hydrogen-bond acceptors (Lipinski definition) is 8. The van der Waals surface area contributed by atoms with Gasteiger partial charge in [-0.2, -0.15) is 0 Å². The zero-order chi connectivity index (χ0) is 64.4. The molecule has 0 fully saturated rings. The highest BCUT2D eigenvalue weighted by atomic mass is 31.2. The Morgan fingerprint density at radius 2 is 0.618 bits per heavy atom. The first-order valence-corrected chi connectivity index (χ1v) is 38.2. The lowest BCUT2D eigenvalue weighted by Crippen LogP contribution is -2.29. The first-order chi connectivity index (χ1) is 43.8. The molecule has 0 aliphatic rings. The Labute approximate surface area is 548 Å². The molecule has 0 aliphatic heterocycles. The summed E-state index contributed by atoms with van der Waals surface area (Å²) in [6.07, 6.45) is 104. The van der Waals surface area contributed by atoms with Crippen LogP contribution < -0.4 is 5.73 Å². The summed E-state index contributed by atoms with van der Waals surface area (Å²) in [6, 6.07) is 0. The second-order valence-corrected chi connectivity index (χ2v) is 25.5. The summed E-state index contributed by atoms with van der Waals surface area (Å²) >= 11 is 0. The number of unbranched alkanes of at least 4 members (excludes halogenated alkanes) is 33. The van der Waals surface area contributed by atoms with Gasteiger partial charge in [-0.15, -0.1) is 0 Å². The SMILES string of the molecule is CC/C=C\C/C=C\C/C=C\C/C=C\C/C=C\C/C=C\C/C=C\C/C=C\C/C=C\CCCCCCCCCCCCCC(=O)OC(COC(=O)CCCCCCCCCCCCCCCCCCC/C=C\C/C=C\CCCCCCC)COP(=O)(O)OCCN. The van der Waals surface area contributed by atoms with Gasteiger partial charge in [-0.05, 0) is 116 Å². The van der Waals surface area contributed by atoms with Crippen molar-refractivity contribution in [2.75, 3.05) is 26.4 Å². The minimum absolute atomic E-state index is 0.0487. The minimum atomic E-state index is -4.40. The van der Waals surface area contributed by atoms with Crippen LogP contribution in [0.4, 0.5) is 0 Å². The highest BCUT2D eigenvalue weighted by Gasteiger charge is 2.26. The monoisotopic (exact) mass is 1260 g/mol. The van der Waals surface area contributed by atoms with Crippen molar-refractivity contribution in [2.24, 2.45) is 5.73 Å². The van der Waals surface area contributed by atoms with Crippen molar-refractivity contribution in [3.8, 4) is 0 Å². The second-order valence-electron chi connectivity index (χ2n) is 24.1. The topological polar surface area (TPSA) is 134 Å². The lowest BCUT2D eigenvalue weighted by atomic mass is 10.0. The molecule has 0 amide bonds. The van der Waals surface area contributed by atoms with E-state index in [2.05, 4.69) is 148 Å². The van der Waals surface area contributed by atoms with Gasteiger partial charge in [0, 0.05) is 19.4 Å². The Kier molecular flexibility index (Phi) is 70.0. The van der Waals surface area contributed by atoms with Crippen LogP contribution in [0, 0.1) is 0 Å². The predicted molar refractivity (Wildman–Crippen MR) is 385 cm³/mol. The summed E-state index contributed by atoms with van der Waals surface area (Å²) in [5.41, 5.74) is 5.41. The summed E-state index contributed by atoms with van der Waals surface area (Å²) in [5.74, 6) is -0.826. The molecule has 0 spiro atoms. The van der Waals surface area contributed by atoms with E-state index in [0.717, 1.165) is 109 Å². The largest absolute Gasteiger partial charge is 0.472 e. The molecule has 9 nitrogen and oxygen atoms in total. The summed E-state index contributed by atoms with van der Waals surface area (Å²) < 4.78 is 33.2. The number of esters is 2. The molecule has 0 aliphatic carbocycles. The van der Waals surface area contributed by atoms with Crippen LogP contribution in [0.5, 0.6) is 0 Å². The number of carbonyl (C=O) groups is 2. The lowest BCUT2D eigenvalue weighted by molar-refractivity contribution is -0.161. The molecule has 0 aromatic heterocycles. The van der Waals surface area contributed by atoms with Crippen LogP contribution in [0.2, 0.25) is 0 Å². The fourth-order valence-corrected chi connectivity index (χ4v) is 10.9. The fraction of sp³-hybridized carbons (Fsp3) is 0.696. The molecule has 2 unspecified atom stereocenters. The average Bonchev–Trinajstić information content (AvgIpc) is 3.68. The van der Waals surface area contributed by atoms with Crippen LogP contribution in [-0.2, 0) is 32.7 Å². The van der Waals surface area contributed by atoms with Gasteiger partial charge in [-0.25, -0.2) is 4.57 Å². The maximum atomic E-state index is 12.8. The minimum Gasteiger partial charge on any atom is -0.462 e. The summed E-state index contributed by atoms with van der Waals surface area (Å²) in [7, 11) is -4.40. The maximum absolute atomic E-state index is 12.8. The molecule has 89 heavy (non-hydrogen) atoms. The third kappa shape index (κ3) is 73.1. The number of nitrogens with two attached hydrogens (primary N) is 1. The molecular weight excluding hydrogens is 1120 g/mol. The van der Waals surface area contributed by atoms with Gasteiger partial charge >= 0.3 is 19.8 Å². The van der Waals surface area contributed by atoms with Gasteiger partial charge in [0.05, 0.1) is 13.2 Å². The molecule has 10 heteroatoms. The van der Waals surface area contributed by atoms with Gasteiger partial charge in [0.15, 0.2) is 6.10 Å². The number of allylic oxidation sites excluding steroid dienone is 22. The van der Waals surface area contributed by atoms with Crippen LogP contribution >= 0.6 is 7.82 Å².